The van der Waals surface area contributed by atoms with Crippen LogP contribution in [-0.4, -0.2) is 40.8 Å². The van der Waals surface area contributed by atoms with Crippen molar-refractivity contribution < 1.29 is 14.0 Å². The normalized spacial score (nSPS) is 17.0. The zero-order valence-corrected chi connectivity index (χ0v) is 14.0. The largest absolute Gasteiger partial charge is 0.346 e. The van der Waals surface area contributed by atoms with Crippen molar-refractivity contribution in [1.29, 1.82) is 0 Å². The molecular formula is C19H20FN3O2. The SMILES string of the molecule is Cc1cccc(C(=O)NC2CC(=O)N(CCc3ccc(F)cc3)C2)n1. The molecule has 1 aromatic heterocycles. The minimum Gasteiger partial charge on any atom is -0.346 e. The fourth-order valence-electron chi connectivity index (χ4n) is 2.93. The summed E-state index contributed by atoms with van der Waals surface area (Å²) in [6, 6.07) is 11.3. The molecule has 1 aromatic carbocycles. The lowest BCUT2D eigenvalue weighted by Gasteiger charge is -2.17. The van der Waals surface area contributed by atoms with Gasteiger partial charge in [-0.1, -0.05) is 18.2 Å². The highest BCUT2D eigenvalue weighted by Crippen LogP contribution is 2.13. The molecule has 5 nitrogen and oxygen atoms in total. The molecule has 0 bridgehead atoms. The number of rotatable bonds is 5. The maximum absolute atomic E-state index is 12.9. The fraction of sp³-hybridized carbons (Fsp3) is 0.316. The summed E-state index contributed by atoms with van der Waals surface area (Å²) >= 11 is 0. The Balaban J connectivity index is 1.53. The van der Waals surface area contributed by atoms with Gasteiger partial charge in [0.05, 0.1) is 6.04 Å². The summed E-state index contributed by atoms with van der Waals surface area (Å²) in [5.74, 6) is -0.514. The summed E-state index contributed by atoms with van der Waals surface area (Å²) < 4.78 is 12.9. The minimum absolute atomic E-state index is 0.0182. The number of hydrogen-bond acceptors (Lipinski definition) is 3. The van der Waals surface area contributed by atoms with Crippen LogP contribution < -0.4 is 5.32 Å². The van der Waals surface area contributed by atoms with Crippen LogP contribution in [0.25, 0.3) is 0 Å². The standard InChI is InChI=1S/C19H20FN3O2/c1-13-3-2-4-17(21-13)19(25)22-16-11-18(24)23(12-16)10-9-14-5-7-15(20)8-6-14/h2-8,16H,9-12H2,1H3,(H,22,25). The number of halogens is 1. The Hall–Kier alpha value is -2.76. The monoisotopic (exact) mass is 341 g/mol. The molecule has 0 spiro atoms. The first kappa shape index (κ1) is 17.1. The van der Waals surface area contributed by atoms with E-state index in [0.717, 1.165) is 11.3 Å². The van der Waals surface area contributed by atoms with E-state index in [4.69, 9.17) is 0 Å². The smallest absolute Gasteiger partial charge is 0.270 e. The second-order valence-electron chi connectivity index (χ2n) is 6.25. The number of carbonyl (C=O) groups excluding carboxylic acids is 2. The Morgan fingerprint density at radius 3 is 2.76 bits per heavy atom. The van der Waals surface area contributed by atoms with E-state index in [9.17, 15) is 14.0 Å². The number of nitrogens with zero attached hydrogens (tertiary/aromatic N) is 2. The summed E-state index contributed by atoms with van der Waals surface area (Å²) in [6.45, 7) is 2.87. The van der Waals surface area contributed by atoms with Crippen LogP contribution in [0.15, 0.2) is 42.5 Å². The van der Waals surface area contributed by atoms with Crippen molar-refractivity contribution in [2.45, 2.75) is 25.8 Å². The van der Waals surface area contributed by atoms with Gasteiger partial charge in [-0.2, -0.15) is 0 Å². The molecule has 1 aliphatic heterocycles. The van der Waals surface area contributed by atoms with E-state index in [1.807, 2.05) is 13.0 Å². The number of aryl methyl sites for hydroxylation is 1. The van der Waals surface area contributed by atoms with Crippen LogP contribution in [0.5, 0.6) is 0 Å². The Kier molecular flexibility index (Phi) is 5.07. The number of benzene rings is 1. The lowest BCUT2D eigenvalue weighted by molar-refractivity contribution is -0.127. The maximum atomic E-state index is 12.9. The molecule has 1 fully saturated rings. The van der Waals surface area contributed by atoms with Gasteiger partial charge in [0.2, 0.25) is 5.91 Å². The molecule has 3 rings (SSSR count). The molecule has 0 saturated carbocycles. The third-order valence-corrected chi connectivity index (χ3v) is 4.25. The fourth-order valence-corrected chi connectivity index (χ4v) is 2.93. The quantitative estimate of drug-likeness (QED) is 0.906. The molecule has 1 N–H and O–H groups in total. The molecule has 1 unspecified atom stereocenters. The van der Waals surface area contributed by atoms with E-state index < -0.39 is 0 Å². The van der Waals surface area contributed by atoms with Crippen LogP contribution in [0.2, 0.25) is 0 Å². The first-order chi connectivity index (χ1) is 12.0. The van der Waals surface area contributed by atoms with Gasteiger partial charge in [-0.05, 0) is 43.2 Å². The minimum atomic E-state index is -0.270. The summed E-state index contributed by atoms with van der Waals surface area (Å²) in [5.41, 5.74) is 2.11. The van der Waals surface area contributed by atoms with Crippen LogP contribution in [0.1, 0.15) is 28.2 Å². The zero-order valence-electron chi connectivity index (χ0n) is 14.0. The van der Waals surface area contributed by atoms with Gasteiger partial charge >= 0.3 is 0 Å². The Morgan fingerprint density at radius 1 is 1.28 bits per heavy atom. The summed E-state index contributed by atoms with van der Waals surface area (Å²) in [5, 5.41) is 2.87. The number of carbonyl (C=O) groups is 2. The highest BCUT2D eigenvalue weighted by molar-refractivity contribution is 5.93. The van der Waals surface area contributed by atoms with Crippen molar-refractivity contribution in [2.24, 2.45) is 0 Å². The molecule has 130 valence electrons. The summed E-state index contributed by atoms with van der Waals surface area (Å²) in [6.07, 6.45) is 0.951. The second-order valence-corrected chi connectivity index (χ2v) is 6.25. The summed E-state index contributed by atoms with van der Waals surface area (Å²) in [7, 11) is 0. The van der Waals surface area contributed by atoms with Gasteiger partial charge in [0.15, 0.2) is 0 Å². The lowest BCUT2D eigenvalue weighted by atomic mass is 10.1. The van der Waals surface area contributed by atoms with Gasteiger partial charge in [0.25, 0.3) is 5.91 Å². The Morgan fingerprint density at radius 2 is 2.04 bits per heavy atom. The second kappa shape index (κ2) is 7.42. The lowest BCUT2D eigenvalue weighted by Crippen LogP contribution is -2.37. The van der Waals surface area contributed by atoms with Gasteiger partial charge in [-0.25, -0.2) is 9.37 Å². The molecule has 6 heteroatoms. The van der Waals surface area contributed by atoms with Gasteiger partial charge < -0.3 is 10.2 Å². The third kappa shape index (κ3) is 4.41. The number of aromatic nitrogens is 1. The molecule has 0 aliphatic carbocycles. The first-order valence-electron chi connectivity index (χ1n) is 8.28. The van der Waals surface area contributed by atoms with Gasteiger partial charge in [0, 0.05) is 25.2 Å². The highest BCUT2D eigenvalue weighted by atomic mass is 19.1. The Bertz CT molecular complexity index is 776. The molecule has 1 saturated heterocycles. The number of likely N-dealkylation sites (tertiary alicyclic amines) is 1. The molecule has 1 aliphatic rings. The Labute approximate surface area is 145 Å². The highest BCUT2D eigenvalue weighted by Gasteiger charge is 2.30. The molecule has 2 amide bonds. The predicted molar refractivity (Wildman–Crippen MR) is 91.5 cm³/mol. The van der Waals surface area contributed by atoms with E-state index >= 15 is 0 Å². The topological polar surface area (TPSA) is 62.3 Å². The van der Waals surface area contributed by atoms with Gasteiger partial charge in [0.1, 0.15) is 11.5 Å². The third-order valence-electron chi connectivity index (χ3n) is 4.25. The van der Waals surface area contributed by atoms with E-state index in [2.05, 4.69) is 10.3 Å². The van der Waals surface area contributed by atoms with Crippen LogP contribution in [0.3, 0.4) is 0 Å². The molecule has 2 heterocycles. The van der Waals surface area contributed by atoms with E-state index in [-0.39, 0.29) is 23.7 Å². The van der Waals surface area contributed by atoms with Crippen molar-refractivity contribution in [3.63, 3.8) is 0 Å². The first-order valence-corrected chi connectivity index (χ1v) is 8.28. The van der Waals surface area contributed by atoms with Crippen molar-refractivity contribution in [3.05, 3.63) is 65.2 Å². The average molecular weight is 341 g/mol. The molecule has 0 radical (unpaired) electrons. The van der Waals surface area contributed by atoms with Crippen molar-refractivity contribution in [2.75, 3.05) is 13.1 Å². The average Bonchev–Trinajstić information content (AvgIpc) is 2.94. The summed E-state index contributed by atoms with van der Waals surface area (Å²) in [4.78, 5) is 30.3. The van der Waals surface area contributed by atoms with Crippen LogP contribution in [-0.2, 0) is 11.2 Å². The number of pyridine rings is 1. The van der Waals surface area contributed by atoms with Gasteiger partial charge in [-0.15, -0.1) is 0 Å². The van der Waals surface area contributed by atoms with E-state index in [0.29, 0.717) is 31.6 Å². The van der Waals surface area contributed by atoms with Crippen LogP contribution in [0.4, 0.5) is 4.39 Å². The molecule has 2 aromatic rings. The maximum Gasteiger partial charge on any atom is 0.270 e. The van der Waals surface area contributed by atoms with Crippen molar-refractivity contribution >= 4 is 11.8 Å². The van der Waals surface area contributed by atoms with E-state index in [1.165, 1.54) is 12.1 Å². The number of nitrogens with one attached hydrogen (secondary N) is 1. The van der Waals surface area contributed by atoms with Gasteiger partial charge in [-0.3, -0.25) is 9.59 Å². The van der Waals surface area contributed by atoms with Crippen molar-refractivity contribution in [3.8, 4) is 0 Å². The van der Waals surface area contributed by atoms with Crippen LogP contribution >= 0.6 is 0 Å². The van der Waals surface area contributed by atoms with Crippen LogP contribution in [0, 0.1) is 12.7 Å². The molecule has 1 atom stereocenters. The zero-order chi connectivity index (χ0) is 17.8. The molecular weight excluding hydrogens is 321 g/mol. The van der Waals surface area contributed by atoms with E-state index in [1.54, 1.807) is 29.2 Å². The number of amides is 2. The predicted octanol–water partition coefficient (Wildman–Crippen LogP) is 2.10. The number of hydrogen-bond donors (Lipinski definition) is 1. The van der Waals surface area contributed by atoms with Crippen molar-refractivity contribution in [1.82, 2.24) is 15.2 Å². The molecule has 25 heavy (non-hydrogen) atoms.